The first-order valence-corrected chi connectivity index (χ1v) is 6.64. The molecule has 1 fully saturated rings. The molecule has 2 rings (SSSR count). The van der Waals surface area contributed by atoms with Crippen molar-refractivity contribution < 1.29 is 9.53 Å². The molecule has 0 radical (unpaired) electrons. The molecule has 3 nitrogen and oxygen atoms in total. The quantitative estimate of drug-likeness (QED) is 0.839. The van der Waals surface area contributed by atoms with E-state index in [1.165, 1.54) is 24.0 Å². The molecule has 0 aliphatic heterocycles. The van der Waals surface area contributed by atoms with Crippen LogP contribution in [0, 0.1) is 12.8 Å². The fraction of sp³-hybridized carbons (Fsp3) is 0.533. The van der Waals surface area contributed by atoms with E-state index < -0.39 is 0 Å². The topological polar surface area (TPSA) is 38.3 Å². The average molecular weight is 247 g/mol. The third kappa shape index (κ3) is 3.57. The summed E-state index contributed by atoms with van der Waals surface area (Å²) in [4.78, 5) is 11.7. The number of carbonyl (C=O) groups excluding carboxylic acids is 1. The van der Waals surface area contributed by atoms with Crippen molar-refractivity contribution in [2.45, 2.75) is 32.7 Å². The summed E-state index contributed by atoms with van der Waals surface area (Å²) < 4.78 is 5.14. The van der Waals surface area contributed by atoms with Crippen LogP contribution in [0.5, 0.6) is 0 Å². The maximum Gasteiger partial charge on any atom is 0.246 e. The van der Waals surface area contributed by atoms with E-state index in [1.54, 1.807) is 0 Å². The van der Waals surface area contributed by atoms with E-state index in [0.717, 1.165) is 0 Å². The van der Waals surface area contributed by atoms with Gasteiger partial charge in [-0.3, -0.25) is 4.79 Å². The second kappa shape index (κ2) is 6.01. The number of nitrogens with one attached hydrogen (secondary N) is 1. The van der Waals surface area contributed by atoms with Gasteiger partial charge in [-0.2, -0.15) is 0 Å². The zero-order chi connectivity index (χ0) is 13.0. The molecule has 1 aromatic carbocycles. The van der Waals surface area contributed by atoms with Gasteiger partial charge in [-0.05, 0) is 38.2 Å². The minimum atomic E-state index is -0.0191. The van der Waals surface area contributed by atoms with Gasteiger partial charge in [0, 0.05) is 6.61 Å². The first kappa shape index (κ1) is 13.1. The molecule has 3 heteroatoms. The van der Waals surface area contributed by atoms with Crippen molar-refractivity contribution in [1.29, 1.82) is 0 Å². The average Bonchev–Trinajstić information content (AvgIpc) is 3.19. The molecular formula is C15H21NO2. The molecule has 98 valence electrons. The summed E-state index contributed by atoms with van der Waals surface area (Å²) in [7, 11) is 0. The van der Waals surface area contributed by atoms with Crippen LogP contribution >= 0.6 is 0 Å². The molecule has 1 aliphatic rings. The van der Waals surface area contributed by atoms with Gasteiger partial charge in [-0.1, -0.05) is 29.8 Å². The van der Waals surface area contributed by atoms with Crippen molar-refractivity contribution in [2.75, 3.05) is 13.2 Å². The van der Waals surface area contributed by atoms with E-state index in [4.69, 9.17) is 4.74 Å². The van der Waals surface area contributed by atoms with Crippen molar-refractivity contribution in [3.8, 4) is 0 Å². The van der Waals surface area contributed by atoms with Gasteiger partial charge in [0.05, 0.1) is 6.04 Å². The predicted molar refractivity (Wildman–Crippen MR) is 71.3 cm³/mol. The summed E-state index contributed by atoms with van der Waals surface area (Å²) in [6.07, 6.45) is 2.40. The Hall–Kier alpha value is -1.35. The third-order valence-electron chi connectivity index (χ3n) is 3.28. The summed E-state index contributed by atoms with van der Waals surface area (Å²) in [5.41, 5.74) is 2.45. The number of amides is 1. The molecule has 0 bridgehead atoms. The molecule has 0 saturated heterocycles. The van der Waals surface area contributed by atoms with E-state index in [2.05, 4.69) is 36.5 Å². The van der Waals surface area contributed by atoms with Gasteiger partial charge in [0.25, 0.3) is 0 Å². The Morgan fingerprint density at radius 1 is 1.39 bits per heavy atom. The van der Waals surface area contributed by atoms with E-state index >= 15 is 0 Å². The molecule has 1 aromatic rings. The molecule has 0 aromatic heterocycles. The van der Waals surface area contributed by atoms with Crippen LogP contribution in [0.4, 0.5) is 0 Å². The number of hydrogen-bond acceptors (Lipinski definition) is 2. The Balaban J connectivity index is 2.00. The lowest BCUT2D eigenvalue weighted by molar-refractivity contribution is -0.126. The fourth-order valence-corrected chi connectivity index (χ4v) is 2.09. The van der Waals surface area contributed by atoms with Crippen molar-refractivity contribution in [3.05, 3.63) is 35.4 Å². The lowest BCUT2D eigenvalue weighted by Gasteiger charge is -2.19. The highest BCUT2D eigenvalue weighted by Crippen LogP contribution is 2.40. The molecule has 1 amide bonds. The van der Waals surface area contributed by atoms with Crippen LogP contribution in [-0.4, -0.2) is 19.1 Å². The largest absolute Gasteiger partial charge is 0.372 e. The Bertz CT molecular complexity index is 395. The second-order valence-corrected chi connectivity index (χ2v) is 4.93. The molecule has 0 heterocycles. The van der Waals surface area contributed by atoms with Gasteiger partial charge in [0.15, 0.2) is 0 Å². The predicted octanol–water partition coefficient (Wildman–Crippen LogP) is 2.60. The zero-order valence-electron chi connectivity index (χ0n) is 11.1. The maximum atomic E-state index is 11.7. The summed E-state index contributed by atoms with van der Waals surface area (Å²) in [6, 6.07) is 8.57. The number of hydrogen-bond donors (Lipinski definition) is 1. The summed E-state index contributed by atoms with van der Waals surface area (Å²) in [6.45, 7) is 4.70. The van der Waals surface area contributed by atoms with Gasteiger partial charge in [0.2, 0.25) is 5.91 Å². The highest BCUT2D eigenvalue weighted by Gasteiger charge is 2.33. The van der Waals surface area contributed by atoms with Crippen LogP contribution in [0.2, 0.25) is 0 Å². The standard InChI is InChI=1S/C15H21NO2/c1-3-18-10-14(17)16-15(13-8-9-13)12-6-4-11(2)5-7-12/h4-7,13,15H,3,8-10H2,1-2H3,(H,16,17). The molecule has 1 aliphatic carbocycles. The third-order valence-corrected chi connectivity index (χ3v) is 3.28. The lowest BCUT2D eigenvalue weighted by Crippen LogP contribution is -2.32. The second-order valence-electron chi connectivity index (χ2n) is 4.93. The maximum absolute atomic E-state index is 11.7. The van der Waals surface area contributed by atoms with Crippen LogP contribution < -0.4 is 5.32 Å². The number of carbonyl (C=O) groups is 1. The van der Waals surface area contributed by atoms with Crippen molar-refractivity contribution in [1.82, 2.24) is 5.32 Å². The normalized spacial score (nSPS) is 16.3. The van der Waals surface area contributed by atoms with Gasteiger partial charge < -0.3 is 10.1 Å². The zero-order valence-corrected chi connectivity index (χ0v) is 11.1. The summed E-state index contributed by atoms with van der Waals surface area (Å²) in [5.74, 6) is 0.576. The first-order valence-electron chi connectivity index (χ1n) is 6.64. The smallest absolute Gasteiger partial charge is 0.246 e. The van der Waals surface area contributed by atoms with Gasteiger partial charge in [-0.25, -0.2) is 0 Å². The van der Waals surface area contributed by atoms with E-state index in [1.807, 2.05) is 6.92 Å². The number of benzene rings is 1. The molecule has 1 saturated carbocycles. The summed E-state index contributed by atoms with van der Waals surface area (Å²) in [5, 5.41) is 3.09. The molecule has 1 N–H and O–H groups in total. The SMILES string of the molecule is CCOCC(=O)NC(c1ccc(C)cc1)C1CC1. The van der Waals surface area contributed by atoms with E-state index in [9.17, 15) is 4.79 Å². The molecular weight excluding hydrogens is 226 g/mol. The van der Waals surface area contributed by atoms with Gasteiger partial charge in [0.1, 0.15) is 6.61 Å². The highest BCUT2D eigenvalue weighted by atomic mass is 16.5. The molecule has 0 spiro atoms. The lowest BCUT2D eigenvalue weighted by atomic mass is 10.0. The van der Waals surface area contributed by atoms with E-state index in [-0.39, 0.29) is 18.6 Å². The Morgan fingerprint density at radius 2 is 2.06 bits per heavy atom. The highest BCUT2D eigenvalue weighted by molar-refractivity contribution is 5.77. The van der Waals surface area contributed by atoms with E-state index in [0.29, 0.717) is 12.5 Å². The Kier molecular flexibility index (Phi) is 4.37. The van der Waals surface area contributed by atoms with Crippen LogP contribution in [-0.2, 0) is 9.53 Å². The van der Waals surface area contributed by atoms with Crippen LogP contribution in [0.25, 0.3) is 0 Å². The minimum absolute atomic E-state index is 0.0191. The molecule has 1 atom stereocenters. The molecule has 18 heavy (non-hydrogen) atoms. The summed E-state index contributed by atoms with van der Waals surface area (Å²) >= 11 is 0. The van der Waals surface area contributed by atoms with Crippen LogP contribution in [0.1, 0.15) is 36.9 Å². The fourth-order valence-electron chi connectivity index (χ4n) is 2.09. The van der Waals surface area contributed by atoms with Gasteiger partial charge >= 0.3 is 0 Å². The Morgan fingerprint density at radius 3 is 2.61 bits per heavy atom. The number of rotatable bonds is 6. The van der Waals surface area contributed by atoms with Crippen LogP contribution in [0.3, 0.4) is 0 Å². The van der Waals surface area contributed by atoms with Crippen molar-refractivity contribution >= 4 is 5.91 Å². The Labute approximate surface area is 109 Å². The van der Waals surface area contributed by atoms with Crippen LogP contribution in [0.15, 0.2) is 24.3 Å². The van der Waals surface area contributed by atoms with Crippen molar-refractivity contribution in [2.24, 2.45) is 5.92 Å². The minimum Gasteiger partial charge on any atom is -0.372 e. The van der Waals surface area contributed by atoms with Crippen molar-refractivity contribution in [3.63, 3.8) is 0 Å². The first-order chi connectivity index (χ1) is 8.70. The monoisotopic (exact) mass is 247 g/mol. The number of ether oxygens (including phenoxy) is 1. The van der Waals surface area contributed by atoms with Gasteiger partial charge in [-0.15, -0.1) is 0 Å². The number of aryl methyl sites for hydroxylation is 1. The molecule has 1 unspecified atom stereocenters.